The van der Waals surface area contributed by atoms with Crippen LogP contribution in [0.3, 0.4) is 0 Å². The third-order valence-corrected chi connectivity index (χ3v) is 16.0. The normalized spacial score (nSPS) is 19.8. The zero-order valence-corrected chi connectivity index (χ0v) is 51.5. The Labute approximate surface area is 549 Å². The summed E-state index contributed by atoms with van der Waals surface area (Å²) in [5.74, 6) is -10.1. The largest absolute Gasteiger partial charge is 0.335 e. The van der Waals surface area contributed by atoms with Crippen molar-refractivity contribution in [3.63, 3.8) is 0 Å². The maximum atomic E-state index is 12.7. The predicted molar refractivity (Wildman–Crippen MR) is 344 cm³/mol. The molecule has 4 unspecified atom stereocenters. The van der Waals surface area contributed by atoms with E-state index in [4.69, 9.17) is 0 Å². The Morgan fingerprint density at radius 3 is 1.03 bits per heavy atom. The second-order valence-corrected chi connectivity index (χ2v) is 22.2. The van der Waals surface area contributed by atoms with Crippen LogP contribution >= 0.6 is 0 Å². The van der Waals surface area contributed by atoms with E-state index in [1.165, 1.54) is 4.90 Å². The van der Waals surface area contributed by atoms with Crippen LogP contribution in [0, 0.1) is 0 Å². The first kappa shape index (κ1) is 68.0. The molecule has 0 spiro atoms. The highest BCUT2D eigenvalue weighted by atomic mass is 16.2. The minimum absolute atomic E-state index is 0.0782. The Morgan fingerprint density at radius 2 is 0.625 bits per heavy atom. The lowest BCUT2D eigenvalue weighted by atomic mass is 9.90. The summed E-state index contributed by atoms with van der Waals surface area (Å²) < 4.78 is 0. The van der Waals surface area contributed by atoms with Crippen molar-refractivity contribution < 1.29 is 71.9 Å². The van der Waals surface area contributed by atoms with E-state index in [9.17, 15) is 71.9 Å². The lowest BCUT2D eigenvalue weighted by molar-refractivity contribution is -0.142. The van der Waals surface area contributed by atoms with Gasteiger partial charge in [-0.15, -0.1) is 0 Å². The van der Waals surface area contributed by atoms with Crippen LogP contribution in [-0.2, 0) is 54.5 Å². The average molecular weight is 1300 g/mol. The molecule has 6 N–H and O–H groups in total. The van der Waals surface area contributed by atoms with Crippen molar-refractivity contribution in [1.29, 1.82) is 0 Å². The number of nitrogens with one attached hydrogen (secondary N) is 6. The van der Waals surface area contributed by atoms with E-state index in [1.807, 2.05) is 53.1 Å². The Bertz CT molecular complexity index is 4010. The molecular formula is C71H64N10O15. The molecule has 5 heterocycles. The van der Waals surface area contributed by atoms with Gasteiger partial charge in [-0.25, -0.2) is 28.9 Å². The number of barbiturate groups is 5. The van der Waals surface area contributed by atoms with Gasteiger partial charge < -0.3 is 0 Å². The van der Waals surface area contributed by atoms with Gasteiger partial charge in [0.2, 0.25) is 53.2 Å². The third-order valence-electron chi connectivity index (χ3n) is 16.0. The SMILES string of the molecule is CCN1C(=O)NC(=O)C(c2ccccc2)C1=O.O=C1NC(=O)C(c2ccccc2)C(=O)N1.O=C1NC(=O)N(C2CCCCC2)C(=O)C1c1ccccc1.O=C1NC(=O)N(Cc2ccccc2)C(=O)C1c1ccccc1.O=C1NC(=O)N(c2ccccc2)C(=O)C1c1ccccc1. The summed E-state index contributed by atoms with van der Waals surface area (Å²) in [6.45, 7) is 2.08. The second kappa shape index (κ2) is 31.8. The lowest BCUT2D eigenvalue weighted by Gasteiger charge is -2.37. The Balaban J connectivity index is 0.000000142. The molecule has 0 aromatic heterocycles. The molecule has 20 amide bonds. The van der Waals surface area contributed by atoms with Crippen LogP contribution in [0.15, 0.2) is 212 Å². The maximum Gasteiger partial charge on any atom is 0.335 e. The van der Waals surface area contributed by atoms with Gasteiger partial charge in [0.25, 0.3) is 5.91 Å². The molecule has 0 radical (unpaired) electrons. The number of hydrogen-bond donors (Lipinski definition) is 6. The Hall–Kier alpha value is -12.4. The molecule has 7 aromatic carbocycles. The monoisotopic (exact) mass is 1300 g/mol. The Morgan fingerprint density at radius 1 is 0.312 bits per heavy atom. The first-order valence-electron chi connectivity index (χ1n) is 30.5. The summed E-state index contributed by atoms with van der Waals surface area (Å²) in [4.78, 5) is 183. The van der Waals surface area contributed by atoms with Crippen molar-refractivity contribution in [3.8, 4) is 0 Å². The highest BCUT2D eigenvalue weighted by Gasteiger charge is 2.46. The van der Waals surface area contributed by atoms with Gasteiger partial charge in [-0.3, -0.25) is 94.5 Å². The molecule has 96 heavy (non-hydrogen) atoms. The van der Waals surface area contributed by atoms with E-state index in [2.05, 4.69) is 21.3 Å². The smallest absolute Gasteiger partial charge is 0.277 e. The van der Waals surface area contributed by atoms with Gasteiger partial charge in [0.1, 0.15) is 29.6 Å². The number of amides is 20. The minimum atomic E-state index is -1.01. The van der Waals surface area contributed by atoms with Crippen LogP contribution in [0.2, 0.25) is 0 Å². The van der Waals surface area contributed by atoms with Crippen LogP contribution in [0.25, 0.3) is 0 Å². The fraction of sp³-hybridized carbons (Fsp3) is 0.197. The van der Waals surface area contributed by atoms with Crippen molar-refractivity contribution >= 4 is 94.9 Å². The van der Waals surface area contributed by atoms with E-state index in [-0.39, 0.29) is 25.0 Å². The Kier molecular flexibility index (Phi) is 22.5. The molecule has 1 aliphatic carbocycles. The summed E-state index contributed by atoms with van der Waals surface area (Å²) in [7, 11) is 0. The number of carbonyl (C=O) groups excluding carboxylic acids is 15. The predicted octanol–water partition coefficient (Wildman–Crippen LogP) is 7.29. The van der Waals surface area contributed by atoms with E-state index < -0.39 is 113 Å². The third kappa shape index (κ3) is 16.1. The molecule has 488 valence electrons. The van der Waals surface area contributed by atoms with Crippen molar-refractivity contribution in [2.24, 2.45) is 0 Å². The number of benzene rings is 7. The molecule has 6 fully saturated rings. The van der Waals surface area contributed by atoms with Crippen molar-refractivity contribution in [3.05, 3.63) is 246 Å². The van der Waals surface area contributed by atoms with Crippen molar-refractivity contribution in [2.75, 3.05) is 11.4 Å². The first-order valence-corrected chi connectivity index (χ1v) is 30.5. The fourth-order valence-corrected chi connectivity index (χ4v) is 11.3. The van der Waals surface area contributed by atoms with E-state index in [0.29, 0.717) is 33.5 Å². The summed E-state index contributed by atoms with van der Waals surface area (Å²) in [5, 5.41) is 13.1. The van der Waals surface area contributed by atoms with Crippen molar-refractivity contribution in [2.45, 2.75) is 81.2 Å². The zero-order chi connectivity index (χ0) is 68.4. The number of hydrogen-bond acceptors (Lipinski definition) is 15. The number of para-hydroxylation sites is 1. The van der Waals surface area contributed by atoms with Gasteiger partial charge in [-0.1, -0.05) is 219 Å². The lowest BCUT2D eigenvalue weighted by Crippen LogP contribution is -2.60. The summed E-state index contributed by atoms with van der Waals surface area (Å²) >= 11 is 0. The van der Waals surface area contributed by atoms with E-state index >= 15 is 0 Å². The van der Waals surface area contributed by atoms with E-state index in [0.717, 1.165) is 52.4 Å². The number of likely N-dealkylation sites (N-methyl/N-ethyl adjacent to an activating group) is 1. The van der Waals surface area contributed by atoms with E-state index in [1.54, 1.807) is 177 Å². The van der Waals surface area contributed by atoms with Crippen LogP contribution in [0.4, 0.5) is 29.7 Å². The molecule has 4 atom stereocenters. The van der Waals surface area contributed by atoms with Crippen LogP contribution < -0.4 is 36.8 Å². The number of carbonyl (C=O) groups is 15. The number of rotatable bonds is 10. The molecule has 25 nitrogen and oxygen atoms in total. The molecule has 13 rings (SSSR count). The average Bonchev–Trinajstić information content (AvgIpc) is 0.802. The second-order valence-electron chi connectivity index (χ2n) is 22.2. The fourth-order valence-electron chi connectivity index (χ4n) is 11.3. The number of urea groups is 5. The minimum Gasteiger partial charge on any atom is -0.277 e. The highest BCUT2D eigenvalue weighted by Crippen LogP contribution is 2.31. The summed E-state index contributed by atoms with van der Waals surface area (Å²) in [5.41, 5.74) is 4.21. The molecule has 25 heteroatoms. The molecule has 5 aliphatic heterocycles. The van der Waals surface area contributed by atoms with Gasteiger partial charge in [-0.2, -0.15) is 0 Å². The van der Waals surface area contributed by atoms with Crippen LogP contribution in [0.1, 0.15) is 102 Å². The maximum absolute atomic E-state index is 12.7. The van der Waals surface area contributed by atoms with Gasteiger partial charge in [0, 0.05) is 12.6 Å². The topological polar surface area (TPSA) is 341 Å². The number of imide groups is 10. The van der Waals surface area contributed by atoms with Gasteiger partial charge in [-0.05, 0) is 65.3 Å². The molecular weight excluding hydrogens is 1230 g/mol. The molecule has 0 bridgehead atoms. The number of anilines is 1. The standard InChI is InChI=1S/C17H14N2O3.C16H18N2O3.C16H12N2O3.C12H12N2O3.C10H8N2O3/c20-15-14(13-9-5-2-6-10-13)16(21)19(17(22)18-15)11-12-7-3-1-4-8-12;2*19-14-13(11-7-3-1-4-8-11)15(20)18(16(21)17-14)12-9-5-2-6-10-12;1-2-14-11(16)9(10(15)13-12(14)17)8-6-4-3-5-7-8;13-8-7(6-4-2-1-3-5-6)9(14)12-10(15)11-8/h1-10,14H,11H2,(H,18,20,22);1,3-4,7-8,12-13H,2,5-6,9-10H2,(H,17,19,21);1-10,13H,(H,17,19,21);3-7,9H,2H2,1H3,(H,13,15,17);1-5,7H,(H2,11,12,13,14,15). The van der Waals surface area contributed by atoms with Gasteiger partial charge >= 0.3 is 30.2 Å². The molecule has 1 saturated carbocycles. The number of nitrogens with zero attached hydrogens (tertiary/aromatic N) is 4. The van der Waals surface area contributed by atoms with Gasteiger partial charge in [0.15, 0.2) is 0 Å². The highest BCUT2D eigenvalue weighted by molar-refractivity contribution is 6.30. The molecule has 6 aliphatic rings. The molecule has 5 saturated heterocycles. The van der Waals surface area contributed by atoms with Crippen LogP contribution in [-0.4, -0.2) is 117 Å². The summed E-state index contributed by atoms with van der Waals surface area (Å²) in [6.07, 6.45) is 4.84. The summed E-state index contributed by atoms with van der Waals surface area (Å²) in [6, 6.07) is 57.9. The van der Waals surface area contributed by atoms with Crippen molar-refractivity contribution in [1.82, 2.24) is 46.6 Å². The molecule has 7 aromatic rings. The van der Waals surface area contributed by atoms with Crippen LogP contribution in [0.5, 0.6) is 0 Å². The first-order chi connectivity index (χ1) is 46.4. The quantitative estimate of drug-likeness (QED) is 0.0732. The zero-order valence-electron chi connectivity index (χ0n) is 51.5. The van der Waals surface area contributed by atoms with Gasteiger partial charge in [0.05, 0.1) is 12.2 Å².